The van der Waals surface area contributed by atoms with Crippen LogP contribution in [0.3, 0.4) is 0 Å². The highest BCUT2D eigenvalue weighted by molar-refractivity contribution is 5.16. The summed E-state index contributed by atoms with van der Waals surface area (Å²) in [6.45, 7) is 1.93. The molecule has 1 rings (SSSR count). The second kappa shape index (κ2) is 2.26. The molecule has 0 saturated heterocycles. The summed E-state index contributed by atoms with van der Waals surface area (Å²) in [5.74, 6) is 0. The van der Waals surface area contributed by atoms with Gasteiger partial charge in [0, 0.05) is 6.20 Å². The van der Waals surface area contributed by atoms with Crippen molar-refractivity contribution in [1.82, 2.24) is 15.0 Å². The highest BCUT2D eigenvalue weighted by Crippen LogP contribution is 1.79. The van der Waals surface area contributed by atoms with Crippen molar-refractivity contribution in [2.24, 2.45) is 0 Å². The van der Waals surface area contributed by atoms with E-state index in [-0.39, 0.29) is 0 Å². The monoisotopic (exact) mass is 109 g/mol. The van der Waals surface area contributed by atoms with E-state index in [1.807, 2.05) is 19.2 Å². The summed E-state index contributed by atoms with van der Waals surface area (Å²) in [4.78, 5) is 0. The molecule has 0 saturated carbocycles. The molecule has 0 atom stereocenters. The number of hydrogen-bond acceptors (Lipinski definition) is 2. The molecule has 0 aromatic carbocycles. The van der Waals surface area contributed by atoms with E-state index in [0.29, 0.717) is 0 Å². The van der Waals surface area contributed by atoms with Crippen molar-refractivity contribution in [1.29, 1.82) is 0 Å². The zero-order valence-corrected chi connectivity index (χ0v) is 4.65. The summed E-state index contributed by atoms with van der Waals surface area (Å²) >= 11 is 0. The van der Waals surface area contributed by atoms with E-state index in [0.717, 1.165) is 0 Å². The molecule has 0 bridgehead atoms. The van der Waals surface area contributed by atoms with Crippen molar-refractivity contribution in [2.75, 3.05) is 0 Å². The maximum absolute atomic E-state index is 3.69. The Morgan fingerprint density at radius 2 is 2.50 bits per heavy atom. The van der Waals surface area contributed by atoms with E-state index in [9.17, 15) is 0 Å². The highest BCUT2D eigenvalue weighted by atomic mass is 15.4. The van der Waals surface area contributed by atoms with Crippen LogP contribution < -0.4 is 0 Å². The minimum atomic E-state index is 1.64. The van der Waals surface area contributed by atoms with Crippen LogP contribution in [0.1, 0.15) is 6.92 Å². The molecule has 0 amide bonds. The molecular formula is C5H7N3. The normalized spacial score (nSPS) is 10.6. The first kappa shape index (κ1) is 5.03. The van der Waals surface area contributed by atoms with E-state index in [1.54, 1.807) is 17.1 Å². The predicted octanol–water partition coefficient (Wildman–Crippen LogP) is 0.769. The Labute approximate surface area is 47.6 Å². The van der Waals surface area contributed by atoms with Gasteiger partial charge in [0.1, 0.15) is 0 Å². The molecular weight excluding hydrogens is 102 g/mol. The fourth-order valence-corrected chi connectivity index (χ4v) is 0.450. The topological polar surface area (TPSA) is 30.7 Å². The molecule has 0 fully saturated rings. The van der Waals surface area contributed by atoms with Crippen LogP contribution in [0.15, 0.2) is 18.5 Å². The van der Waals surface area contributed by atoms with Gasteiger partial charge in [-0.3, -0.25) is 0 Å². The molecule has 0 spiro atoms. The van der Waals surface area contributed by atoms with Crippen LogP contribution in [0.4, 0.5) is 0 Å². The SMILES string of the molecule is CC=Cn1ccnn1. The third-order valence-electron chi connectivity index (χ3n) is 0.743. The molecule has 0 radical (unpaired) electrons. The van der Waals surface area contributed by atoms with Gasteiger partial charge >= 0.3 is 0 Å². The van der Waals surface area contributed by atoms with Crippen LogP contribution in [0.2, 0.25) is 0 Å². The van der Waals surface area contributed by atoms with Crippen LogP contribution in [0, 0.1) is 0 Å². The third-order valence-corrected chi connectivity index (χ3v) is 0.743. The highest BCUT2D eigenvalue weighted by Gasteiger charge is 1.76. The quantitative estimate of drug-likeness (QED) is 0.533. The fraction of sp³-hybridized carbons (Fsp3) is 0.200. The first-order valence-corrected chi connectivity index (χ1v) is 2.42. The number of nitrogens with zero attached hydrogens (tertiary/aromatic N) is 3. The third kappa shape index (κ3) is 0.932. The van der Waals surface area contributed by atoms with Gasteiger partial charge in [-0.2, -0.15) is 0 Å². The zero-order valence-electron chi connectivity index (χ0n) is 4.65. The molecule has 1 aromatic heterocycles. The van der Waals surface area contributed by atoms with Crippen molar-refractivity contribution in [3.63, 3.8) is 0 Å². The molecule has 3 nitrogen and oxygen atoms in total. The van der Waals surface area contributed by atoms with Crippen LogP contribution in [-0.4, -0.2) is 15.0 Å². The van der Waals surface area contributed by atoms with E-state index < -0.39 is 0 Å². The lowest BCUT2D eigenvalue weighted by molar-refractivity contribution is 0.840. The Morgan fingerprint density at radius 1 is 1.62 bits per heavy atom. The molecule has 8 heavy (non-hydrogen) atoms. The van der Waals surface area contributed by atoms with Gasteiger partial charge < -0.3 is 0 Å². The first-order valence-electron chi connectivity index (χ1n) is 2.42. The lowest BCUT2D eigenvalue weighted by Gasteiger charge is -1.81. The summed E-state index contributed by atoms with van der Waals surface area (Å²) < 4.78 is 1.64. The molecule has 0 aliphatic carbocycles. The van der Waals surface area contributed by atoms with Gasteiger partial charge in [0.25, 0.3) is 0 Å². The average Bonchev–Trinajstić information content (AvgIpc) is 2.19. The lowest BCUT2D eigenvalue weighted by atomic mass is 10.7. The summed E-state index contributed by atoms with van der Waals surface area (Å²) in [5, 5.41) is 7.29. The van der Waals surface area contributed by atoms with Crippen LogP contribution in [0.5, 0.6) is 0 Å². The molecule has 0 aliphatic rings. The Bertz CT molecular complexity index is 164. The largest absolute Gasteiger partial charge is 0.228 e. The van der Waals surface area contributed by atoms with Crippen molar-refractivity contribution in [3.05, 3.63) is 18.5 Å². The smallest absolute Gasteiger partial charge is 0.0697 e. The van der Waals surface area contributed by atoms with E-state index in [4.69, 9.17) is 0 Å². The average molecular weight is 109 g/mol. The Morgan fingerprint density at radius 3 is 3.00 bits per heavy atom. The summed E-state index contributed by atoms with van der Waals surface area (Å²) in [7, 11) is 0. The van der Waals surface area contributed by atoms with Gasteiger partial charge in [-0.25, -0.2) is 4.68 Å². The van der Waals surface area contributed by atoms with Crippen molar-refractivity contribution in [3.8, 4) is 0 Å². The molecule has 0 aliphatic heterocycles. The molecule has 0 N–H and O–H groups in total. The van der Waals surface area contributed by atoms with Gasteiger partial charge in [0.2, 0.25) is 0 Å². The number of allylic oxidation sites excluding steroid dienone is 1. The Balaban J connectivity index is 2.77. The van der Waals surface area contributed by atoms with Crippen LogP contribution in [0.25, 0.3) is 6.20 Å². The van der Waals surface area contributed by atoms with Crippen LogP contribution >= 0.6 is 0 Å². The Kier molecular flexibility index (Phi) is 1.42. The van der Waals surface area contributed by atoms with Crippen molar-refractivity contribution >= 4 is 6.20 Å². The van der Waals surface area contributed by atoms with E-state index >= 15 is 0 Å². The summed E-state index contributed by atoms with van der Waals surface area (Å²) in [6.07, 6.45) is 7.14. The standard InChI is InChI=1S/C5H7N3/c1-2-4-8-5-3-6-7-8/h2-5H,1H3. The lowest BCUT2D eigenvalue weighted by Crippen LogP contribution is -1.84. The first-order chi connectivity index (χ1) is 3.93. The van der Waals surface area contributed by atoms with Gasteiger partial charge in [-0.05, 0) is 6.92 Å². The fourth-order valence-electron chi connectivity index (χ4n) is 0.450. The molecule has 1 aromatic rings. The second-order valence-corrected chi connectivity index (χ2v) is 1.37. The molecule has 0 unspecified atom stereocenters. The predicted molar refractivity (Wildman–Crippen MR) is 31.0 cm³/mol. The zero-order chi connectivity index (χ0) is 5.82. The maximum atomic E-state index is 3.69. The van der Waals surface area contributed by atoms with Crippen LogP contribution in [-0.2, 0) is 0 Å². The summed E-state index contributed by atoms with van der Waals surface area (Å²) in [5.41, 5.74) is 0. The van der Waals surface area contributed by atoms with Crippen molar-refractivity contribution < 1.29 is 0 Å². The van der Waals surface area contributed by atoms with Gasteiger partial charge in [0.05, 0.1) is 12.4 Å². The maximum Gasteiger partial charge on any atom is 0.0697 e. The van der Waals surface area contributed by atoms with Gasteiger partial charge in [-0.15, -0.1) is 5.10 Å². The van der Waals surface area contributed by atoms with Gasteiger partial charge in [0.15, 0.2) is 0 Å². The number of aromatic nitrogens is 3. The van der Waals surface area contributed by atoms with Gasteiger partial charge in [-0.1, -0.05) is 11.3 Å². The second-order valence-electron chi connectivity index (χ2n) is 1.37. The van der Waals surface area contributed by atoms with Crippen molar-refractivity contribution in [2.45, 2.75) is 6.92 Å². The molecule has 3 heteroatoms. The minimum Gasteiger partial charge on any atom is -0.228 e. The molecule has 42 valence electrons. The molecule has 1 heterocycles. The van der Waals surface area contributed by atoms with E-state index in [2.05, 4.69) is 10.3 Å². The number of rotatable bonds is 1. The number of hydrogen-bond donors (Lipinski definition) is 0. The van der Waals surface area contributed by atoms with E-state index in [1.165, 1.54) is 0 Å². The summed E-state index contributed by atoms with van der Waals surface area (Å²) in [6, 6.07) is 0. The Hall–Kier alpha value is -1.12. The minimum absolute atomic E-state index is 1.64.